The second kappa shape index (κ2) is 7.62. The minimum atomic E-state index is -0.336. The number of para-hydroxylation sites is 1. The quantitative estimate of drug-likeness (QED) is 0.550. The molecule has 0 fully saturated rings. The van der Waals surface area contributed by atoms with Crippen LogP contribution in [0.3, 0.4) is 0 Å². The van der Waals surface area contributed by atoms with Crippen LogP contribution < -0.4 is 10.1 Å². The lowest BCUT2D eigenvalue weighted by Gasteiger charge is -2.11. The van der Waals surface area contributed by atoms with Gasteiger partial charge in [0.15, 0.2) is 5.75 Å². The largest absolute Gasteiger partial charge is 0.494 e. The number of ether oxygens (including phenoxy) is 1. The van der Waals surface area contributed by atoms with E-state index in [4.69, 9.17) is 16.3 Å². The molecular formula is C21H15ClN4O2. The van der Waals surface area contributed by atoms with Crippen molar-refractivity contribution in [2.75, 3.05) is 12.4 Å². The average molecular weight is 391 g/mol. The van der Waals surface area contributed by atoms with Gasteiger partial charge in [0.25, 0.3) is 5.91 Å². The summed E-state index contributed by atoms with van der Waals surface area (Å²) in [4.78, 5) is 25.8. The third-order valence-electron chi connectivity index (χ3n) is 4.20. The van der Waals surface area contributed by atoms with Crippen molar-refractivity contribution in [3.05, 3.63) is 77.6 Å². The van der Waals surface area contributed by atoms with Crippen LogP contribution in [0.15, 0.2) is 67.0 Å². The van der Waals surface area contributed by atoms with Crippen LogP contribution in [0, 0.1) is 0 Å². The number of aromatic nitrogens is 3. The smallest absolute Gasteiger partial charge is 0.258 e. The third kappa shape index (κ3) is 3.50. The van der Waals surface area contributed by atoms with Crippen molar-refractivity contribution in [1.29, 1.82) is 0 Å². The Labute approximate surface area is 166 Å². The number of carbonyl (C=O) groups excluding carboxylic acids is 1. The highest BCUT2D eigenvalue weighted by molar-refractivity contribution is 6.33. The van der Waals surface area contributed by atoms with Crippen molar-refractivity contribution in [2.24, 2.45) is 0 Å². The topological polar surface area (TPSA) is 77.0 Å². The average Bonchev–Trinajstić information content (AvgIpc) is 2.74. The van der Waals surface area contributed by atoms with Crippen LogP contribution in [-0.4, -0.2) is 28.0 Å². The molecule has 0 saturated carbocycles. The summed E-state index contributed by atoms with van der Waals surface area (Å²) in [5.74, 6) is 0.358. The maximum absolute atomic E-state index is 13.0. The normalized spacial score (nSPS) is 10.6. The van der Waals surface area contributed by atoms with Crippen molar-refractivity contribution in [2.45, 2.75) is 0 Å². The van der Waals surface area contributed by atoms with E-state index in [0.717, 1.165) is 10.9 Å². The SMILES string of the molecule is COc1cnc(NC(=O)c2cc(-c3ccccc3Cl)nc3ccccc23)nc1. The molecule has 0 spiro atoms. The fourth-order valence-electron chi connectivity index (χ4n) is 2.83. The molecule has 2 aromatic carbocycles. The number of hydrogen-bond donors (Lipinski definition) is 1. The molecule has 4 rings (SSSR count). The maximum atomic E-state index is 13.0. The molecule has 0 saturated heterocycles. The highest BCUT2D eigenvalue weighted by Crippen LogP contribution is 2.30. The first-order chi connectivity index (χ1) is 13.7. The molecule has 1 amide bonds. The van der Waals surface area contributed by atoms with Gasteiger partial charge >= 0.3 is 0 Å². The van der Waals surface area contributed by atoms with Gasteiger partial charge in [0.2, 0.25) is 5.95 Å². The van der Waals surface area contributed by atoms with Crippen molar-refractivity contribution in [3.63, 3.8) is 0 Å². The zero-order valence-electron chi connectivity index (χ0n) is 14.9. The molecule has 6 nitrogen and oxygen atoms in total. The van der Waals surface area contributed by atoms with Gasteiger partial charge in [-0.25, -0.2) is 15.0 Å². The Bertz CT molecular complexity index is 1160. The van der Waals surface area contributed by atoms with Gasteiger partial charge in [-0.05, 0) is 18.2 Å². The van der Waals surface area contributed by atoms with E-state index in [9.17, 15) is 4.79 Å². The molecule has 2 heterocycles. The standard InChI is InChI=1S/C21H15ClN4O2/c1-28-13-11-23-21(24-12-13)26-20(27)16-10-19(15-7-2-4-8-17(15)22)25-18-9-5-3-6-14(16)18/h2-12H,1H3,(H,23,24,26,27). The Hall–Kier alpha value is -3.51. The van der Waals surface area contributed by atoms with Crippen molar-refractivity contribution in [1.82, 2.24) is 15.0 Å². The number of amides is 1. The van der Waals surface area contributed by atoms with Gasteiger partial charge in [0.1, 0.15) is 0 Å². The Morgan fingerprint density at radius 1 is 1.04 bits per heavy atom. The molecule has 0 atom stereocenters. The number of fused-ring (bicyclic) bond motifs is 1. The highest BCUT2D eigenvalue weighted by atomic mass is 35.5. The Kier molecular flexibility index (Phi) is 4.87. The molecule has 0 radical (unpaired) electrons. The second-order valence-electron chi connectivity index (χ2n) is 5.95. The molecule has 0 unspecified atom stereocenters. The number of nitrogens with one attached hydrogen (secondary N) is 1. The molecule has 1 N–H and O–H groups in total. The van der Waals surface area contributed by atoms with Gasteiger partial charge in [-0.3, -0.25) is 10.1 Å². The summed E-state index contributed by atoms with van der Waals surface area (Å²) >= 11 is 6.33. The van der Waals surface area contributed by atoms with Crippen LogP contribution >= 0.6 is 11.6 Å². The summed E-state index contributed by atoms with van der Waals surface area (Å²) < 4.78 is 5.03. The number of pyridine rings is 1. The Morgan fingerprint density at radius 2 is 1.75 bits per heavy atom. The molecule has 7 heteroatoms. The van der Waals surface area contributed by atoms with Crippen molar-refractivity contribution in [3.8, 4) is 17.0 Å². The molecule has 0 bridgehead atoms. The van der Waals surface area contributed by atoms with Gasteiger partial charge in [-0.15, -0.1) is 0 Å². The molecular weight excluding hydrogens is 376 g/mol. The summed E-state index contributed by atoms with van der Waals surface area (Å²) in [5, 5.41) is 4.01. The van der Waals surface area contributed by atoms with Crippen LogP contribution in [0.1, 0.15) is 10.4 Å². The van der Waals surface area contributed by atoms with E-state index in [1.165, 1.54) is 19.5 Å². The lowest BCUT2D eigenvalue weighted by Crippen LogP contribution is -2.15. The number of hydrogen-bond acceptors (Lipinski definition) is 5. The molecule has 0 aliphatic rings. The zero-order valence-corrected chi connectivity index (χ0v) is 15.6. The molecule has 4 aromatic rings. The molecule has 28 heavy (non-hydrogen) atoms. The number of nitrogens with zero attached hydrogens (tertiary/aromatic N) is 3. The van der Waals surface area contributed by atoms with Gasteiger partial charge < -0.3 is 4.74 Å². The Balaban J connectivity index is 1.78. The monoisotopic (exact) mass is 390 g/mol. The first kappa shape index (κ1) is 17.9. The Morgan fingerprint density at radius 3 is 2.50 bits per heavy atom. The van der Waals surface area contributed by atoms with Crippen LogP contribution in [0.5, 0.6) is 5.75 Å². The lowest BCUT2D eigenvalue weighted by atomic mass is 10.0. The zero-order chi connectivity index (χ0) is 19.5. The van der Waals surface area contributed by atoms with E-state index in [2.05, 4.69) is 20.3 Å². The molecule has 138 valence electrons. The summed E-state index contributed by atoms with van der Waals surface area (Å²) in [6.07, 6.45) is 2.98. The van der Waals surface area contributed by atoms with E-state index in [-0.39, 0.29) is 11.9 Å². The summed E-state index contributed by atoms with van der Waals surface area (Å²) in [6, 6.07) is 16.6. The number of halogens is 1. The van der Waals surface area contributed by atoms with Gasteiger partial charge in [0.05, 0.1) is 36.3 Å². The fourth-order valence-corrected chi connectivity index (χ4v) is 3.06. The van der Waals surface area contributed by atoms with Gasteiger partial charge in [-0.2, -0.15) is 0 Å². The van der Waals surface area contributed by atoms with Crippen molar-refractivity contribution >= 4 is 34.4 Å². The van der Waals surface area contributed by atoms with E-state index in [1.54, 1.807) is 12.1 Å². The molecule has 0 aliphatic heterocycles. The van der Waals surface area contributed by atoms with Gasteiger partial charge in [-0.1, -0.05) is 48.0 Å². The predicted molar refractivity (Wildman–Crippen MR) is 109 cm³/mol. The van der Waals surface area contributed by atoms with Crippen LogP contribution in [-0.2, 0) is 0 Å². The molecule has 0 aliphatic carbocycles. The predicted octanol–water partition coefficient (Wildman–Crippen LogP) is 4.61. The van der Waals surface area contributed by atoms with E-state index in [0.29, 0.717) is 27.5 Å². The highest BCUT2D eigenvalue weighted by Gasteiger charge is 2.16. The van der Waals surface area contributed by atoms with E-state index in [1.807, 2.05) is 42.5 Å². The number of rotatable bonds is 4. The van der Waals surface area contributed by atoms with Gasteiger partial charge in [0, 0.05) is 16.0 Å². The van der Waals surface area contributed by atoms with E-state index < -0.39 is 0 Å². The first-order valence-corrected chi connectivity index (χ1v) is 8.85. The minimum Gasteiger partial charge on any atom is -0.494 e. The number of carbonyl (C=O) groups is 1. The van der Waals surface area contributed by atoms with Crippen LogP contribution in [0.4, 0.5) is 5.95 Å². The number of benzene rings is 2. The van der Waals surface area contributed by atoms with Crippen LogP contribution in [0.25, 0.3) is 22.2 Å². The maximum Gasteiger partial charge on any atom is 0.258 e. The molecule has 2 aromatic heterocycles. The summed E-state index contributed by atoms with van der Waals surface area (Å²) in [6.45, 7) is 0. The first-order valence-electron chi connectivity index (χ1n) is 8.48. The minimum absolute atomic E-state index is 0.186. The summed E-state index contributed by atoms with van der Waals surface area (Å²) in [7, 11) is 1.52. The van der Waals surface area contributed by atoms with Crippen molar-refractivity contribution < 1.29 is 9.53 Å². The summed E-state index contributed by atoms with van der Waals surface area (Å²) in [5.41, 5.74) is 2.52. The van der Waals surface area contributed by atoms with E-state index >= 15 is 0 Å². The number of anilines is 1. The number of methoxy groups -OCH3 is 1. The third-order valence-corrected chi connectivity index (χ3v) is 4.53. The second-order valence-corrected chi connectivity index (χ2v) is 6.36. The fraction of sp³-hybridized carbons (Fsp3) is 0.0476. The lowest BCUT2D eigenvalue weighted by molar-refractivity contribution is 0.102. The van der Waals surface area contributed by atoms with Crippen LogP contribution in [0.2, 0.25) is 5.02 Å².